The molecule has 1 aromatic carbocycles. The Labute approximate surface area is 147 Å². The quantitative estimate of drug-likeness (QED) is 0.659. The van der Waals surface area contributed by atoms with Crippen molar-refractivity contribution < 1.29 is 9.18 Å². The molecule has 0 saturated carbocycles. The fourth-order valence-corrected chi connectivity index (χ4v) is 2.36. The van der Waals surface area contributed by atoms with Gasteiger partial charge in [0.2, 0.25) is 0 Å². The summed E-state index contributed by atoms with van der Waals surface area (Å²) in [4.78, 5) is 12.0. The fraction of sp³-hybridized carbons (Fsp3) is 0.125. The van der Waals surface area contributed by atoms with Gasteiger partial charge in [-0.15, -0.1) is 10.2 Å². The molecule has 2 N–H and O–H groups in total. The molecule has 128 valence electrons. The van der Waals surface area contributed by atoms with Gasteiger partial charge in [0.15, 0.2) is 5.82 Å². The molecule has 0 bridgehead atoms. The first-order valence-electron chi connectivity index (χ1n) is 7.45. The second-order valence-electron chi connectivity index (χ2n) is 5.01. The highest BCUT2D eigenvalue weighted by Gasteiger charge is 2.14. The minimum atomic E-state index is -0.655. The minimum Gasteiger partial charge on any atom is -0.367 e. The Morgan fingerprint density at radius 3 is 2.72 bits per heavy atom. The number of rotatable bonds is 6. The first kappa shape index (κ1) is 16.8. The van der Waals surface area contributed by atoms with E-state index in [1.807, 2.05) is 0 Å². The van der Waals surface area contributed by atoms with Crippen molar-refractivity contribution in [3.05, 3.63) is 65.2 Å². The summed E-state index contributed by atoms with van der Waals surface area (Å²) in [5.41, 5.74) is -0.160. The number of nitrogens with zero attached hydrogens (tertiary/aromatic N) is 4. The van der Waals surface area contributed by atoms with Crippen molar-refractivity contribution in [2.45, 2.75) is 0 Å². The van der Waals surface area contributed by atoms with Crippen LogP contribution in [0.2, 0.25) is 5.02 Å². The topological polar surface area (TPSA) is 84.7 Å². The second kappa shape index (κ2) is 7.71. The molecule has 0 saturated heterocycles. The minimum absolute atomic E-state index is 0.0746. The van der Waals surface area contributed by atoms with Crippen LogP contribution in [-0.4, -0.2) is 39.0 Å². The van der Waals surface area contributed by atoms with Crippen molar-refractivity contribution in [2.75, 3.05) is 18.4 Å². The van der Waals surface area contributed by atoms with E-state index < -0.39 is 11.7 Å². The number of carbonyl (C=O) groups excluding carboxylic acids is 1. The monoisotopic (exact) mass is 360 g/mol. The summed E-state index contributed by atoms with van der Waals surface area (Å²) in [6.45, 7) is 0.666. The van der Waals surface area contributed by atoms with Crippen LogP contribution in [-0.2, 0) is 0 Å². The zero-order chi connectivity index (χ0) is 17.6. The van der Waals surface area contributed by atoms with Crippen molar-refractivity contribution in [3.8, 4) is 5.82 Å². The van der Waals surface area contributed by atoms with Crippen LogP contribution < -0.4 is 10.6 Å². The lowest BCUT2D eigenvalue weighted by Gasteiger charge is -2.09. The van der Waals surface area contributed by atoms with Gasteiger partial charge in [0.25, 0.3) is 5.91 Å². The molecule has 0 aliphatic carbocycles. The highest BCUT2D eigenvalue weighted by atomic mass is 35.5. The molecule has 0 atom stereocenters. The molecule has 0 fully saturated rings. The van der Waals surface area contributed by atoms with Gasteiger partial charge >= 0.3 is 0 Å². The zero-order valence-corrected chi connectivity index (χ0v) is 13.7. The lowest BCUT2D eigenvalue weighted by molar-refractivity contribution is 0.0951. The molecular weight excluding hydrogens is 347 g/mol. The largest absolute Gasteiger partial charge is 0.367 e. The van der Waals surface area contributed by atoms with Gasteiger partial charge < -0.3 is 10.6 Å². The number of halogens is 2. The number of hydrogen-bond donors (Lipinski definition) is 2. The van der Waals surface area contributed by atoms with Crippen LogP contribution >= 0.6 is 11.6 Å². The van der Waals surface area contributed by atoms with Gasteiger partial charge in [-0.2, -0.15) is 5.10 Å². The van der Waals surface area contributed by atoms with E-state index in [0.717, 1.165) is 0 Å². The summed E-state index contributed by atoms with van der Waals surface area (Å²) < 4.78 is 15.2. The first-order chi connectivity index (χ1) is 12.1. The maximum absolute atomic E-state index is 13.6. The molecule has 0 aliphatic rings. The molecule has 7 nitrogen and oxygen atoms in total. The van der Waals surface area contributed by atoms with Gasteiger partial charge in [0, 0.05) is 25.5 Å². The second-order valence-corrected chi connectivity index (χ2v) is 5.41. The highest BCUT2D eigenvalue weighted by molar-refractivity contribution is 6.33. The van der Waals surface area contributed by atoms with Crippen LogP contribution in [0.25, 0.3) is 5.82 Å². The molecule has 1 amide bonds. The molecule has 2 heterocycles. The van der Waals surface area contributed by atoms with Crippen molar-refractivity contribution in [1.29, 1.82) is 0 Å². The van der Waals surface area contributed by atoms with Gasteiger partial charge in [-0.3, -0.25) is 4.79 Å². The first-order valence-corrected chi connectivity index (χ1v) is 7.83. The van der Waals surface area contributed by atoms with Crippen molar-refractivity contribution in [3.63, 3.8) is 0 Å². The maximum atomic E-state index is 13.6. The normalized spacial score (nSPS) is 10.5. The Bertz CT molecular complexity index is 833. The van der Waals surface area contributed by atoms with Crippen molar-refractivity contribution in [1.82, 2.24) is 25.3 Å². The predicted octanol–water partition coefficient (Wildman–Crippen LogP) is 2.30. The molecule has 3 aromatic rings. The standard InChI is InChI=1S/C16H14ClFN6O/c17-11-3-1-4-12(18)15(11)16(25)20-9-8-19-13-5-6-14(23-22-13)24-10-2-7-21-24/h1-7,10H,8-9H2,(H,19,22)(H,20,25). The zero-order valence-electron chi connectivity index (χ0n) is 13.0. The Kier molecular flexibility index (Phi) is 5.20. The lowest BCUT2D eigenvalue weighted by atomic mass is 10.2. The summed E-state index contributed by atoms with van der Waals surface area (Å²) in [6.07, 6.45) is 3.42. The number of anilines is 1. The Balaban J connectivity index is 1.49. The van der Waals surface area contributed by atoms with Crippen molar-refractivity contribution >= 4 is 23.3 Å². The summed E-state index contributed by atoms with van der Waals surface area (Å²) >= 11 is 5.85. The molecule has 2 aromatic heterocycles. The lowest BCUT2D eigenvalue weighted by Crippen LogP contribution is -2.29. The van der Waals surface area contributed by atoms with Crippen LogP contribution in [0.1, 0.15) is 10.4 Å². The number of benzene rings is 1. The Morgan fingerprint density at radius 2 is 2.04 bits per heavy atom. The maximum Gasteiger partial charge on any atom is 0.255 e. The molecule has 0 unspecified atom stereocenters. The van der Waals surface area contributed by atoms with E-state index in [4.69, 9.17) is 11.6 Å². The number of carbonyl (C=O) groups is 1. The smallest absolute Gasteiger partial charge is 0.255 e. The molecule has 9 heteroatoms. The number of nitrogens with one attached hydrogen (secondary N) is 2. The fourth-order valence-electron chi connectivity index (χ4n) is 2.12. The van der Waals surface area contributed by atoms with Gasteiger partial charge in [-0.05, 0) is 30.3 Å². The van der Waals surface area contributed by atoms with Gasteiger partial charge in [-0.25, -0.2) is 9.07 Å². The van der Waals surface area contributed by atoms with Crippen LogP contribution in [0.5, 0.6) is 0 Å². The summed E-state index contributed by atoms with van der Waals surface area (Å²) in [7, 11) is 0. The van der Waals surface area contributed by atoms with Gasteiger partial charge in [-0.1, -0.05) is 17.7 Å². The average Bonchev–Trinajstić information content (AvgIpc) is 3.14. The van der Waals surface area contributed by atoms with Crippen molar-refractivity contribution in [2.24, 2.45) is 0 Å². The van der Waals surface area contributed by atoms with E-state index in [1.165, 1.54) is 18.2 Å². The van der Waals surface area contributed by atoms with E-state index >= 15 is 0 Å². The van der Waals surface area contributed by atoms with E-state index in [0.29, 0.717) is 18.2 Å². The Morgan fingerprint density at radius 1 is 1.16 bits per heavy atom. The molecule has 0 aliphatic heterocycles. The highest BCUT2D eigenvalue weighted by Crippen LogP contribution is 2.18. The third-order valence-corrected chi connectivity index (χ3v) is 3.61. The molecular formula is C16H14ClFN6O. The summed E-state index contributed by atoms with van der Waals surface area (Å²) in [5.74, 6) is -0.0739. The number of aromatic nitrogens is 4. The third kappa shape index (κ3) is 4.10. The molecule has 3 rings (SSSR count). The van der Waals surface area contributed by atoms with E-state index in [1.54, 1.807) is 35.3 Å². The number of amides is 1. The van der Waals surface area contributed by atoms with E-state index in [9.17, 15) is 9.18 Å². The van der Waals surface area contributed by atoms with Crippen LogP contribution in [0.15, 0.2) is 48.8 Å². The predicted molar refractivity (Wildman–Crippen MR) is 91.4 cm³/mol. The molecule has 0 radical (unpaired) electrons. The SMILES string of the molecule is O=C(NCCNc1ccc(-n2cccn2)nn1)c1c(F)cccc1Cl. The summed E-state index contributed by atoms with van der Waals surface area (Å²) in [6, 6.07) is 9.41. The van der Waals surface area contributed by atoms with E-state index in [-0.39, 0.29) is 17.1 Å². The van der Waals surface area contributed by atoms with Crippen LogP contribution in [0, 0.1) is 5.82 Å². The van der Waals surface area contributed by atoms with Crippen LogP contribution in [0.3, 0.4) is 0 Å². The third-order valence-electron chi connectivity index (χ3n) is 3.30. The van der Waals surface area contributed by atoms with Gasteiger partial charge in [0.1, 0.15) is 11.6 Å². The molecule has 25 heavy (non-hydrogen) atoms. The van der Waals surface area contributed by atoms with E-state index in [2.05, 4.69) is 25.9 Å². The summed E-state index contributed by atoms with van der Waals surface area (Å²) in [5, 5.41) is 17.8. The number of hydrogen-bond acceptors (Lipinski definition) is 5. The Hall–Kier alpha value is -3.00. The average molecular weight is 361 g/mol. The molecule has 0 spiro atoms. The van der Waals surface area contributed by atoms with Crippen LogP contribution in [0.4, 0.5) is 10.2 Å². The van der Waals surface area contributed by atoms with Gasteiger partial charge in [0.05, 0.1) is 10.6 Å².